The number of fused-ring (bicyclic) bond motifs is 1. The van der Waals surface area contributed by atoms with Crippen molar-refractivity contribution in [2.24, 2.45) is 0 Å². The Morgan fingerprint density at radius 1 is 1.22 bits per heavy atom. The Kier molecular flexibility index (Phi) is 3.15. The molecule has 94 valence electrons. The lowest BCUT2D eigenvalue weighted by molar-refractivity contribution is 0.525. The minimum absolute atomic E-state index is 0.0167. The topological polar surface area (TPSA) is 44.9 Å². The van der Waals surface area contributed by atoms with Crippen molar-refractivity contribution >= 4 is 10.9 Å². The number of hydrogen-bond donors (Lipinski definition) is 2. The number of pyridine rings is 1. The molecule has 2 aromatic rings. The number of hydrogen-bond acceptors (Lipinski definition) is 2. The molecule has 0 saturated heterocycles. The summed E-state index contributed by atoms with van der Waals surface area (Å²) in [6, 6.07) is 10.3. The van der Waals surface area contributed by atoms with E-state index in [0.717, 1.165) is 23.0 Å². The van der Waals surface area contributed by atoms with Crippen molar-refractivity contribution < 1.29 is 0 Å². The molecule has 3 rings (SSSR count). The van der Waals surface area contributed by atoms with Gasteiger partial charge in [-0.2, -0.15) is 0 Å². The van der Waals surface area contributed by atoms with Crippen molar-refractivity contribution in [3.05, 3.63) is 46.2 Å². The summed E-state index contributed by atoms with van der Waals surface area (Å²) in [5.74, 6) is 0. The summed E-state index contributed by atoms with van der Waals surface area (Å²) in [5, 5.41) is 4.71. The molecule has 1 aliphatic carbocycles. The second kappa shape index (κ2) is 4.94. The van der Waals surface area contributed by atoms with Crippen molar-refractivity contribution in [2.45, 2.75) is 38.3 Å². The summed E-state index contributed by atoms with van der Waals surface area (Å²) in [7, 11) is 0. The first-order valence-electron chi connectivity index (χ1n) is 6.67. The Bertz CT molecular complexity index is 597. The van der Waals surface area contributed by atoms with Crippen molar-refractivity contribution in [1.29, 1.82) is 0 Å². The summed E-state index contributed by atoms with van der Waals surface area (Å²) in [6.45, 7) is 0.787. The molecule has 0 aliphatic heterocycles. The van der Waals surface area contributed by atoms with Gasteiger partial charge in [0.2, 0.25) is 5.56 Å². The van der Waals surface area contributed by atoms with Gasteiger partial charge < -0.3 is 10.3 Å². The molecule has 0 unspecified atom stereocenters. The van der Waals surface area contributed by atoms with E-state index in [4.69, 9.17) is 0 Å². The third kappa shape index (κ3) is 2.31. The van der Waals surface area contributed by atoms with Crippen LogP contribution < -0.4 is 10.9 Å². The summed E-state index contributed by atoms with van der Waals surface area (Å²) in [5.41, 5.74) is 2.01. The monoisotopic (exact) mass is 242 g/mol. The molecule has 1 saturated carbocycles. The van der Waals surface area contributed by atoms with Crippen LogP contribution >= 0.6 is 0 Å². The average Bonchev–Trinajstić information content (AvgIpc) is 2.89. The maximum Gasteiger partial charge on any atom is 0.248 e. The van der Waals surface area contributed by atoms with Crippen LogP contribution in [0.25, 0.3) is 10.9 Å². The van der Waals surface area contributed by atoms with Gasteiger partial charge in [0.05, 0.1) is 0 Å². The maximum atomic E-state index is 11.6. The molecule has 0 spiro atoms. The number of aromatic amines is 1. The van der Waals surface area contributed by atoms with E-state index in [1.807, 2.05) is 18.2 Å². The number of nitrogens with one attached hydrogen (secondary N) is 2. The lowest BCUT2D eigenvalue weighted by atomic mass is 10.1. The molecule has 1 aliphatic rings. The third-order valence-electron chi connectivity index (χ3n) is 3.77. The van der Waals surface area contributed by atoms with Crippen LogP contribution in [0.2, 0.25) is 0 Å². The Hall–Kier alpha value is -1.61. The Labute approximate surface area is 106 Å². The van der Waals surface area contributed by atoms with E-state index < -0.39 is 0 Å². The van der Waals surface area contributed by atoms with Crippen molar-refractivity contribution in [2.75, 3.05) is 0 Å². The van der Waals surface area contributed by atoms with Crippen LogP contribution in [0.3, 0.4) is 0 Å². The number of aromatic nitrogens is 1. The lowest BCUT2D eigenvalue weighted by Gasteiger charge is -2.13. The second-order valence-electron chi connectivity index (χ2n) is 5.07. The van der Waals surface area contributed by atoms with Gasteiger partial charge in [-0.1, -0.05) is 31.0 Å². The highest BCUT2D eigenvalue weighted by Crippen LogP contribution is 2.19. The minimum Gasteiger partial charge on any atom is -0.322 e. The van der Waals surface area contributed by atoms with Gasteiger partial charge in [-0.3, -0.25) is 4.79 Å². The predicted molar refractivity (Wildman–Crippen MR) is 73.7 cm³/mol. The van der Waals surface area contributed by atoms with Crippen molar-refractivity contribution in [3.63, 3.8) is 0 Å². The zero-order valence-corrected chi connectivity index (χ0v) is 10.4. The summed E-state index contributed by atoms with van der Waals surface area (Å²) < 4.78 is 0. The van der Waals surface area contributed by atoms with Crippen LogP contribution in [0.15, 0.2) is 35.1 Å². The highest BCUT2D eigenvalue weighted by molar-refractivity contribution is 5.81. The summed E-state index contributed by atoms with van der Waals surface area (Å²) in [4.78, 5) is 14.5. The highest BCUT2D eigenvalue weighted by Gasteiger charge is 2.14. The molecule has 18 heavy (non-hydrogen) atoms. The molecule has 0 amide bonds. The number of rotatable bonds is 3. The van der Waals surface area contributed by atoms with E-state index in [-0.39, 0.29) is 5.56 Å². The van der Waals surface area contributed by atoms with Gasteiger partial charge in [0, 0.05) is 29.6 Å². The molecular formula is C15H18N2O. The largest absolute Gasteiger partial charge is 0.322 e. The second-order valence-corrected chi connectivity index (χ2v) is 5.07. The van der Waals surface area contributed by atoms with E-state index in [1.54, 1.807) is 6.07 Å². The van der Waals surface area contributed by atoms with E-state index in [2.05, 4.69) is 16.4 Å². The van der Waals surface area contributed by atoms with Gasteiger partial charge >= 0.3 is 0 Å². The van der Waals surface area contributed by atoms with Gasteiger partial charge in [0.15, 0.2) is 0 Å². The molecule has 1 heterocycles. The van der Waals surface area contributed by atoms with Crippen LogP contribution in [0.4, 0.5) is 0 Å². The number of H-pyrrole nitrogens is 1. The van der Waals surface area contributed by atoms with Crippen LogP contribution in [-0.4, -0.2) is 11.0 Å². The van der Waals surface area contributed by atoms with Crippen LogP contribution in [0.5, 0.6) is 0 Å². The maximum absolute atomic E-state index is 11.6. The van der Waals surface area contributed by atoms with Gasteiger partial charge in [0.1, 0.15) is 0 Å². The first kappa shape index (κ1) is 11.5. The van der Waals surface area contributed by atoms with E-state index in [1.165, 1.54) is 25.7 Å². The van der Waals surface area contributed by atoms with Gasteiger partial charge in [-0.05, 0) is 24.5 Å². The minimum atomic E-state index is -0.0167. The normalized spacial score (nSPS) is 16.4. The number of para-hydroxylation sites is 1. The summed E-state index contributed by atoms with van der Waals surface area (Å²) in [6.07, 6.45) is 5.18. The zero-order chi connectivity index (χ0) is 12.4. The standard InChI is InChI=1S/C15H18N2O/c18-15-9-11(10-16-12-5-1-2-6-12)13-7-3-4-8-14(13)17-15/h3-4,7-9,12,16H,1-2,5-6,10H2,(H,17,18). The molecule has 0 bridgehead atoms. The quantitative estimate of drug-likeness (QED) is 0.868. The Morgan fingerprint density at radius 2 is 2.00 bits per heavy atom. The van der Waals surface area contributed by atoms with Crippen LogP contribution in [0, 0.1) is 0 Å². The first-order valence-corrected chi connectivity index (χ1v) is 6.67. The molecule has 1 fully saturated rings. The molecule has 0 radical (unpaired) electrons. The highest BCUT2D eigenvalue weighted by atomic mass is 16.1. The Balaban J connectivity index is 1.88. The predicted octanol–water partition coefficient (Wildman–Crippen LogP) is 2.56. The van der Waals surface area contributed by atoms with Crippen molar-refractivity contribution in [1.82, 2.24) is 10.3 Å². The molecule has 2 N–H and O–H groups in total. The van der Waals surface area contributed by atoms with E-state index >= 15 is 0 Å². The molecule has 1 aromatic carbocycles. The Morgan fingerprint density at radius 3 is 2.83 bits per heavy atom. The van der Waals surface area contributed by atoms with E-state index in [9.17, 15) is 4.79 Å². The molecular weight excluding hydrogens is 224 g/mol. The number of benzene rings is 1. The van der Waals surface area contributed by atoms with Crippen LogP contribution in [-0.2, 0) is 6.54 Å². The van der Waals surface area contributed by atoms with Crippen molar-refractivity contribution in [3.8, 4) is 0 Å². The molecule has 3 heteroatoms. The molecule has 0 atom stereocenters. The molecule has 1 aromatic heterocycles. The molecule has 3 nitrogen and oxygen atoms in total. The fourth-order valence-corrected chi connectivity index (χ4v) is 2.81. The van der Waals surface area contributed by atoms with Crippen LogP contribution in [0.1, 0.15) is 31.2 Å². The smallest absolute Gasteiger partial charge is 0.248 e. The first-order chi connectivity index (χ1) is 8.83. The lowest BCUT2D eigenvalue weighted by Crippen LogP contribution is -2.26. The third-order valence-corrected chi connectivity index (χ3v) is 3.77. The zero-order valence-electron chi connectivity index (χ0n) is 10.4. The van der Waals surface area contributed by atoms with Gasteiger partial charge in [0.25, 0.3) is 0 Å². The van der Waals surface area contributed by atoms with Gasteiger partial charge in [-0.25, -0.2) is 0 Å². The average molecular weight is 242 g/mol. The summed E-state index contributed by atoms with van der Waals surface area (Å²) >= 11 is 0. The van der Waals surface area contributed by atoms with E-state index in [0.29, 0.717) is 6.04 Å². The van der Waals surface area contributed by atoms with Gasteiger partial charge in [-0.15, -0.1) is 0 Å². The fraction of sp³-hybridized carbons (Fsp3) is 0.400. The SMILES string of the molecule is O=c1cc(CNC2CCCC2)c2ccccc2[nH]1. The fourth-order valence-electron chi connectivity index (χ4n) is 2.81.